The molecule has 0 aliphatic heterocycles. The predicted octanol–water partition coefficient (Wildman–Crippen LogP) is 4.56. The number of nitrogens with one attached hydrogen (secondary N) is 3. The van der Waals surface area contributed by atoms with Crippen molar-refractivity contribution in [1.29, 1.82) is 0 Å². The van der Waals surface area contributed by atoms with Crippen LogP contribution in [0, 0.1) is 0 Å². The number of alkyl carbamates (subject to hydrolysis) is 1. The minimum atomic E-state index is -0.670. The van der Waals surface area contributed by atoms with Gasteiger partial charge in [-0.25, -0.2) is 4.79 Å². The number of rotatable bonds is 6. The van der Waals surface area contributed by atoms with Gasteiger partial charge in [-0.1, -0.05) is 34.1 Å². The number of ether oxygens (including phenoxy) is 1. The average molecular weight is 474 g/mol. The standard InChI is InChI=1S/C22H24BrN3O4/c1-22(2,3)30-21(29)24-14-20(28)26-18-6-4-5-17(13-18)25-19(27)12-9-15-7-10-16(23)11-8-15/h4-13H,14H2,1-3H3,(H,24,29)(H,25,27)(H,26,28)/b12-9+. The summed E-state index contributed by atoms with van der Waals surface area (Å²) in [5.41, 5.74) is 1.27. The first-order valence-electron chi connectivity index (χ1n) is 9.22. The van der Waals surface area contributed by atoms with Gasteiger partial charge in [-0.05, 0) is 62.7 Å². The molecule has 7 nitrogen and oxygen atoms in total. The van der Waals surface area contributed by atoms with E-state index in [2.05, 4.69) is 31.9 Å². The van der Waals surface area contributed by atoms with E-state index in [-0.39, 0.29) is 12.5 Å². The Balaban J connectivity index is 1.86. The van der Waals surface area contributed by atoms with Crippen LogP contribution < -0.4 is 16.0 Å². The summed E-state index contributed by atoms with van der Waals surface area (Å²) < 4.78 is 6.04. The van der Waals surface area contributed by atoms with E-state index in [1.165, 1.54) is 6.08 Å². The lowest BCUT2D eigenvalue weighted by Crippen LogP contribution is -2.37. The van der Waals surface area contributed by atoms with Crippen LogP contribution in [0.4, 0.5) is 16.2 Å². The van der Waals surface area contributed by atoms with E-state index in [0.29, 0.717) is 11.4 Å². The van der Waals surface area contributed by atoms with Crippen molar-refractivity contribution >= 4 is 51.3 Å². The second-order valence-electron chi connectivity index (χ2n) is 7.36. The molecular weight excluding hydrogens is 450 g/mol. The van der Waals surface area contributed by atoms with Crippen LogP contribution in [0.1, 0.15) is 26.3 Å². The zero-order valence-corrected chi connectivity index (χ0v) is 18.6. The molecule has 0 aliphatic carbocycles. The van der Waals surface area contributed by atoms with Crippen molar-refractivity contribution in [2.75, 3.05) is 17.2 Å². The quantitative estimate of drug-likeness (QED) is 0.535. The lowest BCUT2D eigenvalue weighted by atomic mass is 10.2. The molecule has 2 aromatic carbocycles. The maximum absolute atomic E-state index is 12.1. The first kappa shape index (κ1) is 23.2. The summed E-state index contributed by atoms with van der Waals surface area (Å²) in [7, 11) is 0. The maximum atomic E-state index is 12.1. The Morgan fingerprint density at radius 1 is 1.00 bits per heavy atom. The second kappa shape index (κ2) is 10.6. The number of carbonyl (C=O) groups excluding carboxylic acids is 3. The number of hydrogen-bond acceptors (Lipinski definition) is 4. The number of carbonyl (C=O) groups is 3. The number of benzene rings is 2. The van der Waals surface area contributed by atoms with E-state index >= 15 is 0 Å². The molecule has 0 unspecified atom stereocenters. The normalized spacial score (nSPS) is 11.1. The minimum Gasteiger partial charge on any atom is -0.444 e. The predicted molar refractivity (Wildman–Crippen MR) is 121 cm³/mol. The molecule has 0 atom stereocenters. The largest absolute Gasteiger partial charge is 0.444 e. The number of anilines is 2. The van der Waals surface area contributed by atoms with Crippen molar-refractivity contribution < 1.29 is 19.1 Å². The van der Waals surface area contributed by atoms with Gasteiger partial charge >= 0.3 is 6.09 Å². The summed E-state index contributed by atoms with van der Waals surface area (Å²) in [6, 6.07) is 14.3. The molecule has 30 heavy (non-hydrogen) atoms. The van der Waals surface area contributed by atoms with E-state index in [9.17, 15) is 14.4 Å². The van der Waals surface area contributed by atoms with Gasteiger partial charge in [-0.15, -0.1) is 0 Å². The molecule has 0 aliphatic rings. The first-order valence-corrected chi connectivity index (χ1v) is 10.0. The van der Waals surface area contributed by atoms with E-state index in [0.717, 1.165) is 10.0 Å². The molecule has 0 fully saturated rings. The van der Waals surface area contributed by atoms with E-state index in [4.69, 9.17) is 4.74 Å². The van der Waals surface area contributed by atoms with Gasteiger partial charge in [-0.3, -0.25) is 9.59 Å². The molecular formula is C22H24BrN3O4. The van der Waals surface area contributed by atoms with E-state index < -0.39 is 17.6 Å². The SMILES string of the molecule is CC(C)(C)OC(=O)NCC(=O)Nc1cccc(NC(=O)/C=C/c2ccc(Br)cc2)c1. The molecule has 3 N–H and O–H groups in total. The highest BCUT2D eigenvalue weighted by Gasteiger charge is 2.16. The summed E-state index contributed by atoms with van der Waals surface area (Å²) >= 11 is 3.36. The van der Waals surface area contributed by atoms with E-state index in [1.54, 1.807) is 51.1 Å². The minimum absolute atomic E-state index is 0.235. The van der Waals surface area contributed by atoms with Gasteiger partial charge in [-0.2, -0.15) is 0 Å². The third-order valence-corrected chi connectivity index (χ3v) is 4.03. The van der Waals surface area contributed by atoms with Crippen molar-refractivity contribution in [3.8, 4) is 0 Å². The molecule has 0 aromatic heterocycles. The average Bonchev–Trinajstić information content (AvgIpc) is 2.65. The zero-order chi connectivity index (χ0) is 22.1. The van der Waals surface area contributed by atoms with Gasteiger partial charge in [0.1, 0.15) is 12.1 Å². The Morgan fingerprint density at radius 3 is 2.27 bits per heavy atom. The van der Waals surface area contributed by atoms with Crippen molar-refractivity contribution in [2.24, 2.45) is 0 Å². The third kappa shape index (κ3) is 8.91. The Labute approximate surface area is 184 Å². The van der Waals surface area contributed by atoms with Crippen LogP contribution in [0.15, 0.2) is 59.1 Å². The number of halogens is 1. The fraction of sp³-hybridized carbons (Fsp3) is 0.227. The maximum Gasteiger partial charge on any atom is 0.408 e. The highest BCUT2D eigenvalue weighted by atomic mass is 79.9. The highest BCUT2D eigenvalue weighted by Crippen LogP contribution is 2.16. The monoisotopic (exact) mass is 473 g/mol. The van der Waals surface area contributed by atoms with Crippen LogP contribution in [0.25, 0.3) is 6.08 Å². The zero-order valence-electron chi connectivity index (χ0n) is 17.0. The van der Waals surface area contributed by atoms with Gasteiger partial charge in [0.05, 0.1) is 0 Å². The molecule has 0 saturated heterocycles. The smallest absolute Gasteiger partial charge is 0.408 e. The van der Waals surface area contributed by atoms with Crippen LogP contribution in [-0.4, -0.2) is 30.1 Å². The van der Waals surface area contributed by atoms with Gasteiger partial charge < -0.3 is 20.7 Å². The fourth-order valence-electron chi connectivity index (χ4n) is 2.28. The summed E-state index contributed by atoms with van der Waals surface area (Å²) in [6.07, 6.45) is 2.46. The van der Waals surface area contributed by atoms with Gasteiger partial charge in [0, 0.05) is 21.9 Å². The molecule has 158 valence electrons. The summed E-state index contributed by atoms with van der Waals surface area (Å²) in [4.78, 5) is 35.7. The lowest BCUT2D eigenvalue weighted by Gasteiger charge is -2.19. The molecule has 0 bridgehead atoms. The van der Waals surface area contributed by atoms with E-state index in [1.807, 2.05) is 24.3 Å². The highest BCUT2D eigenvalue weighted by molar-refractivity contribution is 9.10. The molecule has 0 radical (unpaired) electrons. The summed E-state index contributed by atoms with van der Waals surface area (Å²) in [5, 5.41) is 7.78. The Morgan fingerprint density at radius 2 is 1.63 bits per heavy atom. The second-order valence-corrected chi connectivity index (χ2v) is 8.27. The summed E-state index contributed by atoms with van der Waals surface area (Å²) in [5.74, 6) is -0.715. The topological polar surface area (TPSA) is 96.5 Å². The Kier molecular flexibility index (Phi) is 8.17. The fourth-order valence-corrected chi connectivity index (χ4v) is 2.54. The molecule has 2 aromatic rings. The number of hydrogen-bond donors (Lipinski definition) is 3. The molecule has 2 rings (SSSR count). The molecule has 0 spiro atoms. The molecule has 3 amide bonds. The Hall–Kier alpha value is -3.13. The van der Waals surface area contributed by atoms with Crippen LogP contribution in [0.5, 0.6) is 0 Å². The molecule has 0 saturated carbocycles. The van der Waals surface area contributed by atoms with Crippen molar-refractivity contribution in [3.05, 3.63) is 64.6 Å². The number of amides is 3. The van der Waals surface area contributed by atoms with Crippen molar-refractivity contribution in [1.82, 2.24) is 5.32 Å². The van der Waals surface area contributed by atoms with Gasteiger partial charge in [0.2, 0.25) is 11.8 Å². The van der Waals surface area contributed by atoms with Crippen LogP contribution >= 0.6 is 15.9 Å². The lowest BCUT2D eigenvalue weighted by molar-refractivity contribution is -0.115. The van der Waals surface area contributed by atoms with Crippen molar-refractivity contribution in [2.45, 2.75) is 26.4 Å². The summed E-state index contributed by atoms with van der Waals surface area (Å²) in [6.45, 7) is 4.98. The van der Waals surface area contributed by atoms with Crippen molar-refractivity contribution in [3.63, 3.8) is 0 Å². The van der Waals surface area contributed by atoms with Gasteiger partial charge in [0.25, 0.3) is 0 Å². The first-order chi connectivity index (χ1) is 14.1. The van der Waals surface area contributed by atoms with Gasteiger partial charge in [0.15, 0.2) is 0 Å². The molecule has 0 heterocycles. The Bertz CT molecular complexity index is 934. The van der Waals surface area contributed by atoms with Crippen LogP contribution in [-0.2, 0) is 14.3 Å². The van der Waals surface area contributed by atoms with Crippen LogP contribution in [0.2, 0.25) is 0 Å². The third-order valence-electron chi connectivity index (χ3n) is 3.50. The molecule has 8 heteroatoms. The van der Waals surface area contributed by atoms with Crippen LogP contribution in [0.3, 0.4) is 0 Å².